The number of aliphatic imine (C=N–C) groups is 1. The second kappa shape index (κ2) is 11.1. The molecule has 10 heteroatoms. The number of aliphatic carboxylic acids is 2. The smallest absolute Gasteiger partial charge is 0.550 e. The van der Waals surface area contributed by atoms with Gasteiger partial charge in [-0.2, -0.15) is 0 Å². The Morgan fingerprint density at radius 3 is 2.15 bits per heavy atom. The molecule has 0 bridgehead atoms. The molecule has 0 aromatic carbocycles. The molecule has 0 amide bonds. The van der Waals surface area contributed by atoms with Crippen LogP contribution in [0.2, 0.25) is 0 Å². The number of hydrogen-bond acceptors (Lipinski definition) is 7. The van der Waals surface area contributed by atoms with Crippen molar-refractivity contribution in [2.45, 2.75) is 25.4 Å². The molecule has 0 aliphatic rings. The largest absolute Gasteiger partial charge is 2.00 e. The van der Waals surface area contributed by atoms with Crippen molar-refractivity contribution >= 4 is 72.6 Å². The maximum atomic E-state index is 11.5. The molecule has 0 rings (SSSR count). The van der Waals surface area contributed by atoms with Crippen LogP contribution in [0.5, 0.6) is 0 Å². The number of carbonyl (C=O) groups is 3. The van der Waals surface area contributed by atoms with E-state index in [0.717, 1.165) is 0 Å². The van der Waals surface area contributed by atoms with E-state index in [4.69, 9.17) is 11.5 Å². The second-order valence-electron chi connectivity index (χ2n) is 3.81. The molecule has 108 valence electrons. The molecule has 0 saturated carbocycles. The molecule has 2 unspecified atom stereocenters. The van der Waals surface area contributed by atoms with E-state index in [2.05, 4.69) is 4.99 Å². The van der Waals surface area contributed by atoms with Crippen LogP contribution in [-0.4, -0.2) is 90.3 Å². The van der Waals surface area contributed by atoms with Crippen LogP contribution in [-0.2, 0) is 14.4 Å². The van der Waals surface area contributed by atoms with Gasteiger partial charge in [-0.3, -0.25) is 9.79 Å². The van der Waals surface area contributed by atoms with Gasteiger partial charge in [0.15, 0.2) is 11.7 Å². The first-order valence-electron chi connectivity index (χ1n) is 5.43. The fourth-order valence-electron chi connectivity index (χ4n) is 1.33. The van der Waals surface area contributed by atoms with Crippen molar-refractivity contribution in [1.29, 1.82) is 0 Å². The number of nitrogens with two attached hydrogens (primary N) is 2. The second-order valence-corrected chi connectivity index (χ2v) is 3.81. The summed E-state index contributed by atoms with van der Waals surface area (Å²) in [5.41, 5.74) is 10.1. The third-order valence-corrected chi connectivity index (χ3v) is 2.26. The zero-order valence-electron chi connectivity index (χ0n) is 10.8. The third-order valence-electron chi connectivity index (χ3n) is 2.26. The van der Waals surface area contributed by atoms with Gasteiger partial charge in [-0.25, -0.2) is 0 Å². The molecule has 9 nitrogen and oxygen atoms in total. The van der Waals surface area contributed by atoms with Crippen molar-refractivity contribution in [3.8, 4) is 0 Å². The van der Waals surface area contributed by atoms with Crippen molar-refractivity contribution in [1.82, 2.24) is 0 Å². The van der Waals surface area contributed by atoms with Gasteiger partial charge in [0.2, 0.25) is 0 Å². The molecule has 5 N–H and O–H groups in total. The fraction of sp³-hybridized carbons (Fsp3) is 0.600. The topological polar surface area (TPSA) is 182 Å². The molecule has 0 aliphatic heterocycles. The summed E-state index contributed by atoms with van der Waals surface area (Å²) in [6.45, 7) is 0.156. The molecule has 0 fully saturated rings. The van der Waals surface area contributed by atoms with Gasteiger partial charge in [-0.05, 0) is 12.8 Å². The maximum absolute atomic E-state index is 11.5. The van der Waals surface area contributed by atoms with Gasteiger partial charge in [0.05, 0.1) is 11.9 Å². The van der Waals surface area contributed by atoms with Crippen LogP contribution in [0.4, 0.5) is 0 Å². The third kappa shape index (κ3) is 9.34. The number of aliphatic hydroxyl groups is 1. The van der Waals surface area contributed by atoms with Crippen molar-refractivity contribution in [2.75, 3.05) is 6.54 Å². The molecule has 0 aromatic heterocycles. The minimum absolute atomic E-state index is 0. The molecular formula is C10H15BaN3O6. The Morgan fingerprint density at radius 1 is 1.20 bits per heavy atom. The molecule has 0 saturated heterocycles. The predicted molar refractivity (Wildman–Crippen MR) is 64.8 cm³/mol. The van der Waals surface area contributed by atoms with E-state index in [1.165, 1.54) is 0 Å². The van der Waals surface area contributed by atoms with E-state index in [0.29, 0.717) is 0 Å². The van der Waals surface area contributed by atoms with E-state index < -0.39 is 36.2 Å². The first kappa shape index (κ1) is 21.7. The zero-order chi connectivity index (χ0) is 15.0. The normalized spacial score (nSPS) is 12.7. The van der Waals surface area contributed by atoms with Crippen LogP contribution < -0.4 is 21.7 Å². The van der Waals surface area contributed by atoms with Crippen molar-refractivity contribution in [3.05, 3.63) is 0 Å². The Bertz CT molecular complexity index is 383. The Balaban J connectivity index is 0. The average Bonchev–Trinajstić information content (AvgIpc) is 2.29. The van der Waals surface area contributed by atoms with Crippen LogP contribution in [0.3, 0.4) is 0 Å². The standard InChI is InChI=1S/C10H17N3O6.Ba/c11-10(12)13-3-1-2-6(14)8(17)5(9(18)19)4-7(15)16;/h5-6,14H,1-4H2,(H,15,16)(H,18,19)(H4,11,12,13);/q;+2/p-2. The van der Waals surface area contributed by atoms with E-state index in [1.54, 1.807) is 0 Å². The molecule has 0 aromatic rings. The number of guanidine groups is 1. The number of carbonyl (C=O) groups excluding carboxylic acids is 3. The van der Waals surface area contributed by atoms with Gasteiger partial charge >= 0.3 is 48.9 Å². The summed E-state index contributed by atoms with van der Waals surface area (Å²) in [5, 5.41) is 30.4. The van der Waals surface area contributed by atoms with Crippen LogP contribution in [0, 0.1) is 5.92 Å². The average molecular weight is 411 g/mol. The van der Waals surface area contributed by atoms with Crippen molar-refractivity contribution in [3.63, 3.8) is 0 Å². The summed E-state index contributed by atoms with van der Waals surface area (Å²) in [4.78, 5) is 36.0. The number of nitrogens with zero attached hydrogens (tertiary/aromatic N) is 1. The van der Waals surface area contributed by atoms with E-state index in [-0.39, 0.29) is 74.2 Å². The number of hydrogen-bond donors (Lipinski definition) is 3. The first-order valence-corrected chi connectivity index (χ1v) is 5.43. The number of carboxylic acids is 2. The van der Waals surface area contributed by atoms with Gasteiger partial charge in [-0.15, -0.1) is 0 Å². The minimum Gasteiger partial charge on any atom is -0.550 e. The maximum Gasteiger partial charge on any atom is 2.00 e. The van der Waals surface area contributed by atoms with Gasteiger partial charge in [0, 0.05) is 18.9 Å². The Kier molecular flexibility index (Phi) is 12.1. The van der Waals surface area contributed by atoms with E-state index >= 15 is 0 Å². The molecule has 0 aliphatic carbocycles. The summed E-state index contributed by atoms with van der Waals surface area (Å²) in [6, 6.07) is 0. The van der Waals surface area contributed by atoms with Crippen LogP contribution in [0.15, 0.2) is 4.99 Å². The number of ketones is 1. The molecule has 0 spiro atoms. The minimum atomic E-state index is -1.93. The van der Waals surface area contributed by atoms with E-state index in [1.807, 2.05) is 0 Å². The van der Waals surface area contributed by atoms with Crippen molar-refractivity contribution in [2.24, 2.45) is 22.4 Å². The zero-order valence-corrected chi connectivity index (χ0v) is 15.2. The Labute approximate surface area is 155 Å². The van der Waals surface area contributed by atoms with Gasteiger partial charge in [0.1, 0.15) is 6.10 Å². The number of Topliss-reactive ketones (excluding diaryl/α,β-unsaturated/α-hetero) is 1. The Morgan fingerprint density at radius 2 is 1.75 bits per heavy atom. The SMILES string of the molecule is NC(N)=NCCCC(O)C(=O)C(CC(=O)[O-])C(=O)[O-].[Ba+2]. The molecule has 0 radical (unpaired) electrons. The Hall–Kier alpha value is -0.589. The molecular weight excluding hydrogens is 395 g/mol. The number of aliphatic hydroxyl groups excluding tert-OH is 1. The summed E-state index contributed by atoms with van der Waals surface area (Å²) in [7, 11) is 0. The first-order chi connectivity index (χ1) is 8.75. The fourth-order valence-corrected chi connectivity index (χ4v) is 1.33. The van der Waals surface area contributed by atoms with Gasteiger partial charge in [-0.1, -0.05) is 0 Å². The number of rotatable bonds is 9. The van der Waals surface area contributed by atoms with Crippen LogP contribution in [0.25, 0.3) is 0 Å². The van der Waals surface area contributed by atoms with E-state index in [9.17, 15) is 29.7 Å². The molecule has 0 heterocycles. The summed E-state index contributed by atoms with van der Waals surface area (Å²) < 4.78 is 0. The van der Waals surface area contributed by atoms with Crippen LogP contribution in [0.1, 0.15) is 19.3 Å². The molecule has 20 heavy (non-hydrogen) atoms. The van der Waals surface area contributed by atoms with Crippen molar-refractivity contribution < 1.29 is 29.7 Å². The van der Waals surface area contributed by atoms with Gasteiger partial charge < -0.3 is 36.4 Å². The molecule has 2 atom stereocenters. The summed E-state index contributed by atoms with van der Waals surface area (Å²) in [5.74, 6) is -6.78. The summed E-state index contributed by atoms with van der Waals surface area (Å²) in [6.07, 6.45) is -2.51. The quantitative estimate of drug-likeness (QED) is 0.111. The monoisotopic (exact) mass is 411 g/mol. The summed E-state index contributed by atoms with van der Waals surface area (Å²) >= 11 is 0. The van der Waals surface area contributed by atoms with Crippen LogP contribution >= 0.6 is 0 Å². The van der Waals surface area contributed by atoms with Gasteiger partial charge in [0.25, 0.3) is 0 Å². The number of carboxylic acid groups (broad SMARTS) is 2. The predicted octanol–water partition coefficient (Wildman–Crippen LogP) is -4.90.